The number of nitrogens with one attached hydrogen (secondary N) is 2. The van der Waals surface area contributed by atoms with Crippen molar-refractivity contribution < 1.29 is 4.79 Å². The summed E-state index contributed by atoms with van der Waals surface area (Å²) in [6.07, 6.45) is 5.85. The van der Waals surface area contributed by atoms with Crippen LogP contribution in [0.4, 0.5) is 0 Å². The van der Waals surface area contributed by atoms with E-state index in [4.69, 9.17) is 0 Å². The zero-order chi connectivity index (χ0) is 13.5. The minimum Gasteiger partial charge on any atom is -0.355 e. The van der Waals surface area contributed by atoms with Crippen LogP contribution in [0.3, 0.4) is 0 Å². The summed E-state index contributed by atoms with van der Waals surface area (Å²) in [4.78, 5) is 16.2. The molecule has 2 N–H and O–H groups in total. The smallest absolute Gasteiger partial charge is 0.225 e. The number of amides is 1. The van der Waals surface area contributed by atoms with E-state index in [1.165, 1.54) is 5.69 Å². The summed E-state index contributed by atoms with van der Waals surface area (Å²) in [6, 6.07) is 0. The average Bonchev–Trinajstić information content (AvgIpc) is 2.82. The van der Waals surface area contributed by atoms with Gasteiger partial charge in [0.1, 0.15) is 0 Å². The van der Waals surface area contributed by atoms with Gasteiger partial charge in [-0.2, -0.15) is 0 Å². The number of nitrogens with zero attached hydrogens (tertiary/aromatic N) is 2. The lowest BCUT2D eigenvalue weighted by molar-refractivity contribution is -0.125. The highest BCUT2D eigenvalue weighted by Crippen LogP contribution is 2.45. The van der Waals surface area contributed by atoms with Gasteiger partial charge in [0.2, 0.25) is 5.91 Å². The van der Waals surface area contributed by atoms with Gasteiger partial charge in [0.05, 0.1) is 6.33 Å². The van der Waals surface area contributed by atoms with E-state index in [0.717, 1.165) is 32.5 Å². The molecule has 7 heteroatoms. The van der Waals surface area contributed by atoms with E-state index in [9.17, 15) is 4.79 Å². The molecule has 1 amide bonds. The Morgan fingerprint density at radius 1 is 1.48 bits per heavy atom. The largest absolute Gasteiger partial charge is 0.355 e. The number of halogens is 2. The van der Waals surface area contributed by atoms with Gasteiger partial charge in [-0.1, -0.05) is 6.92 Å². The molecule has 2 atom stereocenters. The van der Waals surface area contributed by atoms with Crippen LogP contribution in [-0.4, -0.2) is 35.1 Å². The molecule has 0 unspecified atom stereocenters. The molecule has 0 bridgehead atoms. The van der Waals surface area contributed by atoms with Gasteiger partial charge in [-0.05, 0) is 18.8 Å². The van der Waals surface area contributed by atoms with E-state index in [1.807, 2.05) is 26.5 Å². The maximum atomic E-state index is 12.0. The SMILES string of the molecule is Cl.Cl.Cn1cncc1[C@@H]1CNC[C@H]1CNC(=O)C1(C)CC1. The molecule has 0 radical (unpaired) electrons. The van der Waals surface area contributed by atoms with E-state index in [0.29, 0.717) is 11.8 Å². The third kappa shape index (κ3) is 3.71. The van der Waals surface area contributed by atoms with Crippen LogP contribution in [0.2, 0.25) is 0 Å². The molecule has 5 nitrogen and oxygen atoms in total. The van der Waals surface area contributed by atoms with Gasteiger partial charge < -0.3 is 15.2 Å². The van der Waals surface area contributed by atoms with Gasteiger partial charge in [-0.25, -0.2) is 4.98 Å². The lowest BCUT2D eigenvalue weighted by Gasteiger charge is -2.20. The first-order valence-corrected chi connectivity index (χ1v) is 7.05. The monoisotopic (exact) mass is 334 g/mol. The summed E-state index contributed by atoms with van der Waals surface area (Å²) in [7, 11) is 2.03. The molecule has 1 aromatic rings. The first kappa shape index (κ1) is 18.3. The Bertz CT molecular complexity index is 487. The summed E-state index contributed by atoms with van der Waals surface area (Å²) in [5, 5.41) is 6.55. The zero-order valence-corrected chi connectivity index (χ0v) is 14.1. The van der Waals surface area contributed by atoms with Gasteiger partial charge in [-0.3, -0.25) is 4.79 Å². The molecule has 2 fully saturated rings. The lowest BCUT2D eigenvalue weighted by Crippen LogP contribution is -2.36. The summed E-state index contributed by atoms with van der Waals surface area (Å²) in [5.41, 5.74) is 1.18. The number of imidazole rings is 1. The minimum absolute atomic E-state index is 0. The second-order valence-electron chi connectivity index (χ2n) is 6.22. The van der Waals surface area contributed by atoms with Crippen molar-refractivity contribution in [2.24, 2.45) is 18.4 Å². The Labute approximate surface area is 138 Å². The second-order valence-corrected chi connectivity index (χ2v) is 6.22. The predicted molar refractivity (Wildman–Crippen MR) is 87.2 cm³/mol. The van der Waals surface area contributed by atoms with E-state index >= 15 is 0 Å². The predicted octanol–water partition coefficient (Wildman–Crippen LogP) is 1.48. The van der Waals surface area contributed by atoms with Crippen molar-refractivity contribution >= 4 is 30.7 Å². The van der Waals surface area contributed by atoms with Crippen molar-refractivity contribution in [1.29, 1.82) is 0 Å². The highest BCUT2D eigenvalue weighted by Gasteiger charge is 2.45. The van der Waals surface area contributed by atoms with Crippen molar-refractivity contribution in [2.45, 2.75) is 25.7 Å². The van der Waals surface area contributed by atoms with Crippen LogP contribution >= 0.6 is 24.8 Å². The number of aryl methyl sites for hydroxylation is 1. The van der Waals surface area contributed by atoms with Crippen LogP contribution in [0, 0.1) is 11.3 Å². The Hall–Kier alpha value is -0.780. The maximum Gasteiger partial charge on any atom is 0.225 e. The normalized spacial score (nSPS) is 25.6. The highest BCUT2D eigenvalue weighted by atomic mass is 35.5. The van der Waals surface area contributed by atoms with Crippen LogP contribution in [0.1, 0.15) is 31.4 Å². The van der Waals surface area contributed by atoms with Crippen LogP contribution in [-0.2, 0) is 11.8 Å². The van der Waals surface area contributed by atoms with Gasteiger partial charge in [0.15, 0.2) is 0 Å². The molecule has 3 rings (SSSR count). The molecule has 0 spiro atoms. The van der Waals surface area contributed by atoms with Gasteiger partial charge in [-0.15, -0.1) is 24.8 Å². The van der Waals surface area contributed by atoms with E-state index in [2.05, 4.69) is 20.2 Å². The van der Waals surface area contributed by atoms with Gasteiger partial charge >= 0.3 is 0 Å². The standard InChI is InChI=1S/C14H22N4O.2ClH/c1-14(3-4-14)13(19)17-6-10-5-15-7-11(10)12-8-16-9-18(12)2;;/h8-11,15H,3-7H2,1-2H3,(H,17,19);2*1H/t10-,11+;;/m0../s1. The number of aromatic nitrogens is 2. The number of hydrogen-bond donors (Lipinski definition) is 2. The van der Waals surface area contributed by atoms with Crippen LogP contribution in [0.15, 0.2) is 12.5 Å². The minimum atomic E-state index is -0.0753. The Kier molecular flexibility index (Phi) is 6.08. The molecule has 1 aliphatic heterocycles. The number of carbonyl (C=O) groups excluding carboxylic acids is 1. The fourth-order valence-corrected chi connectivity index (χ4v) is 2.87. The molecular weight excluding hydrogens is 311 g/mol. The Morgan fingerprint density at radius 3 is 2.76 bits per heavy atom. The van der Waals surface area contributed by atoms with Crippen molar-refractivity contribution in [2.75, 3.05) is 19.6 Å². The maximum absolute atomic E-state index is 12.0. The fraction of sp³-hybridized carbons (Fsp3) is 0.714. The fourth-order valence-electron chi connectivity index (χ4n) is 2.87. The Morgan fingerprint density at radius 2 is 2.19 bits per heavy atom. The molecule has 0 aromatic carbocycles. The summed E-state index contributed by atoms with van der Waals surface area (Å²) in [6.45, 7) is 4.75. The second kappa shape index (κ2) is 6.99. The zero-order valence-electron chi connectivity index (χ0n) is 12.5. The van der Waals surface area contributed by atoms with Crippen LogP contribution in [0.25, 0.3) is 0 Å². The quantitative estimate of drug-likeness (QED) is 0.876. The summed E-state index contributed by atoms with van der Waals surface area (Å²) >= 11 is 0. The molecule has 1 aliphatic carbocycles. The first-order chi connectivity index (χ1) is 9.10. The van der Waals surface area contributed by atoms with Gasteiger partial charge in [0, 0.05) is 49.9 Å². The first-order valence-electron chi connectivity index (χ1n) is 7.05. The molecule has 1 saturated heterocycles. The van der Waals surface area contributed by atoms with E-state index < -0.39 is 0 Å². The molecular formula is C14H24Cl2N4O. The van der Waals surface area contributed by atoms with E-state index in [1.54, 1.807) is 0 Å². The Balaban J connectivity index is 0.00000110. The molecule has 120 valence electrons. The molecule has 1 saturated carbocycles. The summed E-state index contributed by atoms with van der Waals surface area (Å²) in [5.74, 6) is 1.13. The molecule has 21 heavy (non-hydrogen) atoms. The average molecular weight is 335 g/mol. The lowest BCUT2D eigenvalue weighted by atomic mass is 9.92. The third-order valence-electron chi connectivity index (χ3n) is 4.65. The third-order valence-corrected chi connectivity index (χ3v) is 4.65. The van der Waals surface area contributed by atoms with Crippen molar-refractivity contribution in [1.82, 2.24) is 20.2 Å². The molecule has 2 aliphatic rings. The highest BCUT2D eigenvalue weighted by molar-refractivity contribution is 5.85. The number of hydrogen-bond acceptors (Lipinski definition) is 3. The number of carbonyl (C=O) groups is 1. The van der Waals surface area contributed by atoms with Crippen molar-refractivity contribution in [3.63, 3.8) is 0 Å². The summed E-state index contributed by atoms with van der Waals surface area (Å²) < 4.78 is 2.08. The van der Waals surface area contributed by atoms with Crippen LogP contribution in [0.5, 0.6) is 0 Å². The van der Waals surface area contributed by atoms with Crippen LogP contribution < -0.4 is 10.6 Å². The van der Waals surface area contributed by atoms with Crippen molar-refractivity contribution in [3.8, 4) is 0 Å². The number of rotatable bonds is 4. The van der Waals surface area contributed by atoms with Crippen molar-refractivity contribution in [3.05, 3.63) is 18.2 Å². The molecule has 1 aromatic heterocycles. The van der Waals surface area contributed by atoms with E-state index in [-0.39, 0.29) is 36.1 Å². The van der Waals surface area contributed by atoms with Gasteiger partial charge in [0.25, 0.3) is 0 Å². The molecule has 2 heterocycles. The topological polar surface area (TPSA) is 59.0 Å².